The van der Waals surface area contributed by atoms with Gasteiger partial charge in [-0.3, -0.25) is 14.6 Å². The van der Waals surface area contributed by atoms with Gasteiger partial charge in [0.25, 0.3) is 0 Å². The average Bonchev–Trinajstić information content (AvgIpc) is 3.10. The standard InChI is InChI=1S/C30H39N5O3S.H2/c1-21(2)19-28-35(17-9-22-7-13-31-14-8-22)29(37)26(39-28)20-27(36)33-15-11-24(12-16-33)34-18-10-23-5-3-4-6-25(23)32-30(34)38;/h3-8,13-14,21,24,26,28H,9-12,15-20H2,1-2H3,(H,32,38);1H. The van der Waals surface area contributed by atoms with Gasteiger partial charge in [0.2, 0.25) is 11.8 Å². The van der Waals surface area contributed by atoms with Crippen molar-refractivity contribution < 1.29 is 15.8 Å². The Morgan fingerprint density at radius 1 is 1.10 bits per heavy atom. The second-order valence-corrected chi connectivity index (χ2v) is 12.6. The molecule has 0 bridgehead atoms. The fraction of sp³-hybridized carbons (Fsp3) is 0.533. The molecule has 39 heavy (non-hydrogen) atoms. The number of amides is 4. The van der Waals surface area contributed by atoms with Gasteiger partial charge in [0.05, 0.1) is 10.6 Å². The first kappa shape index (κ1) is 27.5. The fourth-order valence-corrected chi connectivity index (χ4v) is 7.60. The maximum absolute atomic E-state index is 13.4. The van der Waals surface area contributed by atoms with Crippen LogP contribution in [-0.4, -0.2) is 80.4 Å². The zero-order valence-electron chi connectivity index (χ0n) is 22.9. The van der Waals surface area contributed by atoms with Crippen LogP contribution in [0.2, 0.25) is 0 Å². The van der Waals surface area contributed by atoms with E-state index >= 15 is 0 Å². The molecule has 4 amide bonds. The Morgan fingerprint density at radius 3 is 2.59 bits per heavy atom. The number of urea groups is 1. The van der Waals surface area contributed by atoms with Gasteiger partial charge >= 0.3 is 6.03 Å². The van der Waals surface area contributed by atoms with E-state index in [4.69, 9.17) is 0 Å². The second-order valence-electron chi connectivity index (χ2n) is 11.2. The Labute approximate surface area is 237 Å². The number of nitrogens with one attached hydrogen (secondary N) is 1. The van der Waals surface area contributed by atoms with Crippen LogP contribution < -0.4 is 5.32 Å². The number of thioether (sulfide) groups is 1. The number of fused-ring (bicyclic) bond motifs is 1. The predicted molar refractivity (Wildman–Crippen MR) is 156 cm³/mol. The number of pyridine rings is 1. The van der Waals surface area contributed by atoms with Crippen LogP contribution in [0.1, 0.15) is 52.1 Å². The minimum Gasteiger partial charge on any atom is -0.342 e. The van der Waals surface area contributed by atoms with Gasteiger partial charge in [-0.1, -0.05) is 32.0 Å². The number of carbonyl (C=O) groups is 3. The lowest BCUT2D eigenvalue weighted by molar-refractivity contribution is -0.136. The van der Waals surface area contributed by atoms with Crippen molar-refractivity contribution in [3.05, 3.63) is 59.9 Å². The van der Waals surface area contributed by atoms with Crippen molar-refractivity contribution in [2.24, 2.45) is 5.92 Å². The third kappa shape index (κ3) is 6.57. The van der Waals surface area contributed by atoms with E-state index in [1.165, 1.54) is 0 Å². The van der Waals surface area contributed by atoms with Crippen molar-refractivity contribution in [3.8, 4) is 0 Å². The minimum absolute atomic E-state index is 0. The summed E-state index contributed by atoms with van der Waals surface area (Å²) in [5.41, 5.74) is 3.21. The molecule has 2 saturated heterocycles. The van der Waals surface area contributed by atoms with E-state index in [0.717, 1.165) is 48.9 Å². The van der Waals surface area contributed by atoms with Gasteiger partial charge in [-0.15, -0.1) is 11.8 Å². The third-order valence-corrected chi connectivity index (χ3v) is 9.51. The van der Waals surface area contributed by atoms with Crippen LogP contribution in [0, 0.1) is 5.92 Å². The van der Waals surface area contributed by atoms with Crippen LogP contribution >= 0.6 is 11.8 Å². The number of benzene rings is 1. The normalized spacial score (nSPS) is 22.2. The number of anilines is 1. The number of piperidine rings is 1. The Hall–Kier alpha value is -3.07. The lowest BCUT2D eigenvalue weighted by Crippen LogP contribution is -2.50. The molecule has 210 valence electrons. The van der Waals surface area contributed by atoms with Crippen LogP contribution in [0.15, 0.2) is 48.8 Å². The van der Waals surface area contributed by atoms with E-state index < -0.39 is 0 Å². The van der Waals surface area contributed by atoms with Crippen molar-refractivity contribution in [2.45, 2.75) is 69.0 Å². The van der Waals surface area contributed by atoms with Gasteiger partial charge in [0.1, 0.15) is 0 Å². The van der Waals surface area contributed by atoms with Gasteiger partial charge < -0.3 is 20.0 Å². The fourth-order valence-electron chi connectivity index (χ4n) is 5.88. The quantitative estimate of drug-likeness (QED) is 0.516. The molecule has 0 radical (unpaired) electrons. The summed E-state index contributed by atoms with van der Waals surface area (Å²) in [6.07, 6.45) is 7.86. The number of aromatic nitrogens is 1. The SMILES string of the molecule is CC(C)CC1SC(CC(=O)N2CCC(N3CCc4ccccc4NC3=O)CC2)C(=O)N1CCc1ccncc1.[HH]. The highest BCUT2D eigenvalue weighted by atomic mass is 32.2. The first-order valence-electron chi connectivity index (χ1n) is 14.2. The molecule has 0 aliphatic carbocycles. The van der Waals surface area contributed by atoms with E-state index in [2.05, 4.69) is 30.2 Å². The lowest BCUT2D eigenvalue weighted by Gasteiger charge is -2.38. The molecular weight excluding hydrogens is 510 g/mol. The van der Waals surface area contributed by atoms with Gasteiger partial charge in [-0.2, -0.15) is 0 Å². The number of rotatable bonds is 8. The highest BCUT2D eigenvalue weighted by Crippen LogP contribution is 2.37. The minimum atomic E-state index is -0.327. The molecule has 1 N–H and O–H groups in total. The summed E-state index contributed by atoms with van der Waals surface area (Å²) >= 11 is 1.66. The topological polar surface area (TPSA) is 85.8 Å². The zero-order chi connectivity index (χ0) is 27.4. The summed E-state index contributed by atoms with van der Waals surface area (Å²) in [5.74, 6) is 0.603. The van der Waals surface area contributed by atoms with Crippen molar-refractivity contribution in [3.63, 3.8) is 0 Å². The molecule has 2 aromatic rings. The molecule has 5 rings (SSSR count). The molecule has 1 aromatic heterocycles. The van der Waals surface area contributed by atoms with Gasteiger partial charge in [0, 0.05) is 58.1 Å². The van der Waals surface area contributed by atoms with Crippen molar-refractivity contribution in [2.75, 3.05) is 31.5 Å². The van der Waals surface area contributed by atoms with Crippen LogP contribution in [0.3, 0.4) is 0 Å². The Kier molecular flexibility index (Phi) is 8.75. The average molecular weight is 552 g/mol. The van der Waals surface area contributed by atoms with E-state index in [-0.39, 0.29) is 42.4 Å². The number of nitrogens with zero attached hydrogens (tertiary/aromatic N) is 4. The number of carbonyl (C=O) groups excluding carboxylic acids is 3. The summed E-state index contributed by atoms with van der Waals surface area (Å²) in [6.45, 7) is 6.93. The molecule has 2 unspecified atom stereocenters. The van der Waals surface area contributed by atoms with E-state index in [9.17, 15) is 14.4 Å². The molecule has 3 aliphatic rings. The molecule has 0 saturated carbocycles. The highest BCUT2D eigenvalue weighted by molar-refractivity contribution is 8.01. The maximum Gasteiger partial charge on any atom is 0.322 e. The van der Waals surface area contributed by atoms with Crippen LogP contribution in [0.4, 0.5) is 10.5 Å². The van der Waals surface area contributed by atoms with Gasteiger partial charge in [-0.05, 0) is 67.3 Å². The molecule has 0 spiro atoms. The van der Waals surface area contributed by atoms with Crippen molar-refractivity contribution in [1.82, 2.24) is 19.7 Å². The van der Waals surface area contributed by atoms with Gasteiger partial charge in [0.15, 0.2) is 0 Å². The Bertz CT molecular complexity index is 1170. The predicted octanol–water partition coefficient (Wildman–Crippen LogP) is 4.66. The third-order valence-electron chi connectivity index (χ3n) is 8.05. The van der Waals surface area contributed by atoms with Crippen LogP contribution in [0.25, 0.3) is 0 Å². The molecular formula is C30H41N5O3S. The molecule has 3 aliphatic heterocycles. The largest absolute Gasteiger partial charge is 0.342 e. The van der Waals surface area contributed by atoms with Crippen LogP contribution in [0.5, 0.6) is 0 Å². The number of likely N-dealkylation sites (tertiary alicyclic amines) is 1. The molecule has 8 nitrogen and oxygen atoms in total. The van der Waals surface area contributed by atoms with Crippen molar-refractivity contribution >= 4 is 35.3 Å². The van der Waals surface area contributed by atoms with Crippen molar-refractivity contribution in [1.29, 1.82) is 0 Å². The summed E-state index contributed by atoms with van der Waals surface area (Å²) in [4.78, 5) is 49.6. The van der Waals surface area contributed by atoms with Crippen LogP contribution in [-0.2, 0) is 22.4 Å². The summed E-state index contributed by atoms with van der Waals surface area (Å²) < 4.78 is 0. The smallest absolute Gasteiger partial charge is 0.322 e. The lowest BCUT2D eigenvalue weighted by atomic mass is 10.0. The monoisotopic (exact) mass is 551 g/mol. The Balaban J connectivity index is 0.00000370. The van der Waals surface area contributed by atoms with E-state index in [0.29, 0.717) is 32.1 Å². The summed E-state index contributed by atoms with van der Waals surface area (Å²) in [6, 6.07) is 12.0. The summed E-state index contributed by atoms with van der Waals surface area (Å²) in [5, 5.41) is 2.84. The molecule has 2 fully saturated rings. The maximum atomic E-state index is 13.4. The molecule has 1 aromatic carbocycles. The first-order chi connectivity index (χ1) is 18.9. The summed E-state index contributed by atoms with van der Waals surface area (Å²) in [7, 11) is 0. The first-order valence-corrected chi connectivity index (χ1v) is 15.1. The zero-order valence-corrected chi connectivity index (χ0v) is 23.7. The second kappa shape index (κ2) is 12.4. The van der Waals surface area contributed by atoms with Gasteiger partial charge in [-0.25, -0.2) is 4.79 Å². The number of hydrogen-bond acceptors (Lipinski definition) is 5. The number of hydrogen-bond donors (Lipinski definition) is 1. The Morgan fingerprint density at radius 2 is 1.85 bits per heavy atom. The highest BCUT2D eigenvalue weighted by Gasteiger charge is 2.42. The molecule has 9 heteroatoms. The molecule has 4 heterocycles. The van der Waals surface area contributed by atoms with E-state index in [1.807, 2.05) is 45.0 Å². The number of para-hydroxylation sites is 1. The van der Waals surface area contributed by atoms with E-state index in [1.54, 1.807) is 24.2 Å². The molecule has 2 atom stereocenters.